The molecule has 1 atom stereocenters. The lowest BCUT2D eigenvalue weighted by Crippen LogP contribution is -2.48. The number of hydrogen-bond acceptors (Lipinski definition) is 5. The Morgan fingerprint density at radius 1 is 1.67 bits per heavy atom. The van der Waals surface area contributed by atoms with Crippen LogP contribution in [0.3, 0.4) is 0 Å². The van der Waals surface area contributed by atoms with E-state index in [9.17, 15) is 9.90 Å². The van der Waals surface area contributed by atoms with E-state index in [1.165, 1.54) is 18.0 Å². The minimum absolute atomic E-state index is 0.129. The highest BCUT2D eigenvalue weighted by Crippen LogP contribution is 2.18. The number of carbonyl (C=O) groups excluding carboxylic acids is 1. The minimum atomic E-state index is -0.676. The Morgan fingerprint density at radius 2 is 2.33 bits per heavy atom. The van der Waals surface area contributed by atoms with Gasteiger partial charge in [0.2, 0.25) is 0 Å². The van der Waals surface area contributed by atoms with Crippen molar-refractivity contribution >= 4 is 29.3 Å². The molecule has 0 spiro atoms. The third kappa shape index (κ3) is 3.57. The molecule has 0 saturated heterocycles. The van der Waals surface area contributed by atoms with E-state index in [1.54, 1.807) is 6.92 Å². The Hall–Kier alpha value is -0.850. The molecule has 2 N–H and O–H groups in total. The monoisotopic (exact) mass is 289 g/mol. The van der Waals surface area contributed by atoms with Gasteiger partial charge < -0.3 is 10.4 Å². The van der Waals surface area contributed by atoms with Crippen molar-refractivity contribution in [1.82, 2.24) is 15.3 Å². The van der Waals surface area contributed by atoms with Crippen molar-refractivity contribution in [2.75, 3.05) is 12.9 Å². The number of carbonyl (C=O) groups is 1. The van der Waals surface area contributed by atoms with E-state index in [-0.39, 0.29) is 17.3 Å². The molecule has 1 aromatic rings. The van der Waals surface area contributed by atoms with Crippen LogP contribution in [0.2, 0.25) is 5.02 Å². The van der Waals surface area contributed by atoms with Gasteiger partial charge in [0.25, 0.3) is 5.91 Å². The van der Waals surface area contributed by atoms with E-state index in [2.05, 4.69) is 15.3 Å². The Kier molecular flexibility index (Phi) is 5.37. The molecule has 0 aliphatic carbocycles. The number of amides is 1. The summed E-state index contributed by atoms with van der Waals surface area (Å²) in [7, 11) is 0. The molecule has 0 aliphatic heterocycles. The first-order chi connectivity index (χ1) is 8.45. The van der Waals surface area contributed by atoms with Crippen molar-refractivity contribution in [2.24, 2.45) is 0 Å². The molecule has 1 heterocycles. The van der Waals surface area contributed by atoms with Gasteiger partial charge in [0.1, 0.15) is 0 Å². The highest BCUT2D eigenvalue weighted by Gasteiger charge is 2.25. The number of aliphatic hydroxyl groups is 1. The second kappa shape index (κ2) is 6.36. The highest BCUT2D eigenvalue weighted by atomic mass is 35.5. The van der Waals surface area contributed by atoms with Gasteiger partial charge in [-0.15, -0.1) is 0 Å². The summed E-state index contributed by atoms with van der Waals surface area (Å²) in [6, 6.07) is 0. The van der Waals surface area contributed by atoms with Crippen molar-refractivity contribution in [3.05, 3.63) is 16.9 Å². The molecule has 18 heavy (non-hydrogen) atoms. The normalized spacial score (nSPS) is 14.1. The topological polar surface area (TPSA) is 75.1 Å². The third-order valence-electron chi connectivity index (χ3n) is 2.66. The largest absolute Gasteiger partial charge is 0.394 e. The van der Waals surface area contributed by atoms with Crippen LogP contribution in [0.25, 0.3) is 0 Å². The van der Waals surface area contributed by atoms with Crippen molar-refractivity contribution in [1.29, 1.82) is 0 Å². The number of nitrogens with zero attached hydrogens (tertiary/aromatic N) is 2. The Balaban J connectivity index is 2.97. The smallest absolute Gasteiger partial charge is 0.272 e. The fourth-order valence-corrected chi connectivity index (χ4v) is 1.70. The molecule has 1 aromatic heterocycles. The van der Waals surface area contributed by atoms with Crippen molar-refractivity contribution in [3.8, 4) is 0 Å². The second-order valence-corrected chi connectivity index (χ2v) is 5.26. The van der Waals surface area contributed by atoms with Crippen LogP contribution in [-0.4, -0.2) is 39.4 Å². The zero-order chi connectivity index (χ0) is 13.8. The standard InChI is InChI=1S/C11H16ClN3O2S/c1-4-11(2,6-16)15-9(17)8-7(12)5-13-10(14-8)18-3/h5,16H,4,6H2,1-3H3,(H,15,17). The second-order valence-electron chi connectivity index (χ2n) is 4.08. The summed E-state index contributed by atoms with van der Waals surface area (Å²) in [5, 5.41) is 12.7. The van der Waals surface area contributed by atoms with Gasteiger partial charge in [-0.3, -0.25) is 4.79 Å². The molecule has 0 radical (unpaired) electrons. The first kappa shape index (κ1) is 15.2. The average Bonchev–Trinajstić information content (AvgIpc) is 2.39. The zero-order valence-corrected chi connectivity index (χ0v) is 12.1. The summed E-state index contributed by atoms with van der Waals surface area (Å²) < 4.78 is 0. The molecule has 0 aliphatic rings. The van der Waals surface area contributed by atoms with Gasteiger partial charge in [0.15, 0.2) is 10.9 Å². The predicted octanol–water partition coefficient (Wildman–Crippen LogP) is 1.74. The summed E-state index contributed by atoms with van der Waals surface area (Å²) in [6.45, 7) is 3.49. The van der Waals surface area contributed by atoms with E-state index in [4.69, 9.17) is 11.6 Å². The first-order valence-corrected chi connectivity index (χ1v) is 7.06. The molecule has 0 fully saturated rings. The van der Waals surface area contributed by atoms with E-state index in [0.29, 0.717) is 11.6 Å². The molecule has 5 nitrogen and oxygen atoms in total. The van der Waals surface area contributed by atoms with Crippen LogP contribution in [0.5, 0.6) is 0 Å². The quantitative estimate of drug-likeness (QED) is 0.638. The summed E-state index contributed by atoms with van der Waals surface area (Å²) in [5.74, 6) is -0.406. The Morgan fingerprint density at radius 3 is 2.83 bits per heavy atom. The van der Waals surface area contributed by atoms with Crippen LogP contribution in [0, 0.1) is 0 Å². The van der Waals surface area contributed by atoms with Gasteiger partial charge in [0, 0.05) is 0 Å². The average molecular weight is 290 g/mol. The summed E-state index contributed by atoms with van der Waals surface area (Å²) in [6.07, 6.45) is 3.82. The number of halogens is 1. The lowest BCUT2D eigenvalue weighted by atomic mass is 10.00. The number of nitrogens with one attached hydrogen (secondary N) is 1. The summed E-state index contributed by atoms with van der Waals surface area (Å²) >= 11 is 7.23. The van der Waals surface area contributed by atoms with Crippen LogP contribution >= 0.6 is 23.4 Å². The fraction of sp³-hybridized carbons (Fsp3) is 0.545. The zero-order valence-electron chi connectivity index (χ0n) is 10.5. The van der Waals surface area contributed by atoms with Gasteiger partial charge in [-0.1, -0.05) is 30.3 Å². The van der Waals surface area contributed by atoms with Crippen molar-refractivity contribution in [3.63, 3.8) is 0 Å². The summed E-state index contributed by atoms with van der Waals surface area (Å²) in [5.41, 5.74) is -0.547. The fourth-order valence-electron chi connectivity index (χ4n) is 1.18. The maximum atomic E-state index is 12.1. The number of aromatic nitrogens is 2. The summed E-state index contributed by atoms with van der Waals surface area (Å²) in [4.78, 5) is 20.1. The van der Waals surface area contributed by atoms with Crippen LogP contribution in [0.4, 0.5) is 0 Å². The molecule has 0 bridgehead atoms. The van der Waals surface area contributed by atoms with Gasteiger partial charge >= 0.3 is 0 Å². The van der Waals surface area contributed by atoms with Gasteiger partial charge in [0.05, 0.1) is 23.4 Å². The highest BCUT2D eigenvalue weighted by molar-refractivity contribution is 7.98. The molecule has 1 unspecified atom stereocenters. The SMILES string of the molecule is CCC(C)(CO)NC(=O)c1nc(SC)ncc1Cl. The molecular weight excluding hydrogens is 274 g/mol. The van der Waals surface area contributed by atoms with Crippen LogP contribution in [0.15, 0.2) is 11.4 Å². The molecular formula is C11H16ClN3O2S. The number of hydrogen-bond donors (Lipinski definition) is 2. The number of aliphatic hydroxyl groups excluding tert-OH is 1. The lowest BCUT2D eigenvalue weighted by molar-refractivity contribution is 0.0841. The van der Waals surface area contributed by atoms with Crippen LogP contribution < -0.4 is 5.32 Å². The molecule has 100 valence electrons. The molecule has 0 saturated carbocycles. The van der Waals surface area contributed by atoms with E-state index >= 15 is 0 Å². The first-order valence-electron chi connectivity index (χ1n) is 5.45. The maximum absolute atomic E-state index is 12.1. The van der Waals surface area contributed by atoms with Crippen molar-refractivity contribution in [2.45, 2.75) is 31.0 Å². The Labute approximate surface area is 115 Å². The maximum Gasteiger partial charge on any atom is 0.272 e. The molecule has 1 rings (SSSR count). The van der Waals surface area contributed by atoms with Crippen LogP contribution in [-0.2, 0) is 0 Å². The predicted molar refractivity (Wildman–Crippen MR) is 72.1 cm³/mol. The number of rotatable bonds is 5. The lowest BCUT2D eigenvalue weighted by Gasteiger charge is -2.27. The van der Waals surface area contributed by atoms with E-state index < -0.39 is 11.4 Å². The Bertz CT molecular complexity index is 438. The van der Waals surface area contributed by atoms with Gasteiger partial charge in [-0.2, -0.15) is 0 Å². The van der Waals surface area contributed by atoms with Crippen LogP contribution in [0.1, 0.15) is 30.8 Å². The molecule has 7 heteroatoms. The van der Waals surface area contributed by atoms with E-state index in [0.717, 1.165) is 0 Å². The third-order valence-corrected chi connectivity index (χ3v) is 3.50. The number of thioether (sulfide) groups is 1. The molecule has 1 amide bonds. The van der Waals surface area contributed by atoms with Gasteiger partial charge in [-0.25, -0.2) is 9.97 Å². The van der Waals surface area contributed by atoms with Crippen molar-refractivity contribution < 1.29 is 9.90 Å². The minimum Gasteiger partial charge on any atom is -0.394 e. The van der Waals surface area contributed by atoms with E-state index in [1.807, 2.05) is 13.2 Å². The molecule has 0 aromatic carbocycles. The van der Waals surface area contributed by atoms with Gasteiger partial charge in [-0.05, 0) is 19.6 Å².